The molecule has 0 aliphatic rings. The van der Waals surface area contributed by atoms with Crippen molar-refractivity contribution in [1.82, 2.24) is 4.98 Å². The van der Waals surface area contributed by atoms with Crippen molar-refractivity contribution in [3.05, 3.63) is 42.8 Å². The second kappa shape index (κ2) is 6.62. The molecule has 0 amide bonds. The van der Waals surface area contributed by atoms with Crippen LogP contribution in [0.4, 0.5) is 5.69 Å². The monoisotopic (exact) mass is 363 g/mol. The first kappa shape index (κ1) is 16.0. The predicted molar refractivity (Wildman–Crippen MR) is 86.5 cm³/mol. The molecule has 0 aromatic carbocycles. The molecule has 21 heavy (non-hydrogen) atoms. The molecule has 0 aliphatic heterocycles. The Balaban J connectivity index is 2.34. The zero-order chi connectivity index (χ0) is 15.6. The molecular formula is C12H8Cl3N3O2S. The van der Waals surface area contributed by atoms with E-state index in [2.05, 4.69) is 15.5 Å². The Kier molecular flexibility index (Phi) is 5.05. The number of halogens is 3. The van der Waals surface area contributed by atoms with E-state index in [1.54, 1.807) is 6.21 Å². The number of carbonyl (C=O) groups is 1. The normalized spacial score (nSPS) is 11.0. The number of hydrazone groups is 1. The van der Waals surface area contributed by atoms with Crippen LogP contribution in [0.15, 0.2) is 16.5 Å². The molecule has 0 bridgehead atoms. The molecule has 9 heteroatoms. The van der Waals surface area contributed by atoms with Gasteiger partial charge in [0.05, 0.1) is 11.9 Å². The van der Waals surface area contributed by atoms with Crippen LogP contribution in [0.3, 0.4) is 0 Å². The van der Waals surface area contributed by atoms with Crippen molar-refractivity contribution in [1.29, 1.82) is 0 Å². The van der Waals surface area contributed by atoms with E-state index in [0.29, 0.717) is 0 Å². The van der Waals surface area contributed by atoms with E-state index in [-0.39, 0.29) is 20.9 Å². The number of pyridine rings is 1. The molecule has 0 saturated heterocycles. The number of rotatable bonds is 4. The molecule has 0 fully saturated rings. The molecule has 0 saturated carbocycles. The highest BCUT2D eigenvalue weighted by Gasteiger charge is 2.20. The highest BCUT2D eigenvalue weighted by atomic mass is 35.5. The number of carboxylic acids is 1. The van der Waals surface area contributed by atoms with Gasteiger partial charge in [0, 0.05) is 4.88 Å². The highest BCUT2D eigenvalue weighted by Crippen LogP contribution is 2.36. The maximum absolute atomic E-state index is 11.0. The van der Waals surface area contributed by atoms with Crippen molar-refractivity contribution < 1.29 is 9.90 Å². The van der Waals surface area contributed by atoms with Gasteiger partial charge in [0.15, 0.2) is 10.8 Å². The third-order valence-corrected chi connectivity index (χ3v) is 4.56. The van der Waals surface area contributed by atoms with Crippen molar-refractivity contribution in [3.63, 3.8) is 0 Å². The Labute approximate surface area is 139 Å². The minimum absolute atomic E-state index is 0.00622. The van der Waals surface area contributed by atoms with Gasteiger partial charge < -0.3 is 5.11 Å². The maximum atomic E-state index is 11.0. The summed E-state index contributed by atoms with van der Waals surface area (Å²) in [6.45, 7) is 1.95. The Morgan fingerprint density at radius 3 is 2.71 bits per heavy atom. The molecule has 2 aromatic rings. The molecule has 110 valence electrons. The van der Waals surface area contributed by atoms with Crippen LogP contribution in [-0.4, -0.2) is 22.3 Å². The van der Waals surface area contributed by atoms with Gasteiger partial charge in [-0.05, 0) is 23.9 Å². The third-order valence-electron chi connectivity index (χ3n) is 2.50. The quantitative estimate of drug-likeness (QED) is 0.474. The van der Waals surface area contributed by atoms with Gasteiger partial charge in [0.25, 0.3) is 0 Å². The molecule has 2 rings (SSSR count). The van der Waals surface area contributed by atoms with E-state index in [1.165, 1.54) is 11.3 Å². The third kappa shape index (κ3) is 3.47. The number of nitrogens with one attached hydrogen (secondary N) is 1. The molecule has 0 radical (unpaired) electrons. The number of hydrogen-bond donors (Lipinski definition) is 2. The smallest absolute Gasteiger partial charge is 0.356 e. The van der Waals surface area contributed by atoms with Crippen molar-refractivity contribution in [3.8, 4) is 0 Å². The fourth-order valence-electron chi connectivity index (χ4n) is 1.43. The zero-order valence-corrected chi connectivity index (χ0v) is 13.6. The van der Waals surface area contributed by atoms with Gasteiger partial charge >= 0.3 is 5.97 Å². The van der Waals surface area contributed by atoms with Crippen LogP contribution in [0.25, 0.3) is 0 Å². The fraction of sp³-hybridized carbons (Fsp3) is 0.0833. The van der Waals surface area contributed by atoms with Crippen LogP contribution in [0.2, 0.25) is 15.2 Å². The summed E-state index contributed by atoms with van der Waals surface area (Å²) in [5.41, 5.74) is 3.38. The Hall–Kier alpha value is -1.34. The lowest BCUT2D eigenvalue weighted by Gasteiger charge is -2.09. The molecular weight excluding hydrogens is 357 g/mol. The SMILES string of the molecule is Cc1ccsc1/C=N\Nc1c(Cl)c(Cl)nc(C(=O)O)c1Cl. The van der Waals surface area contributed by atoms with E-state index in [4.69, 9.17) is 39.9 Å². The number of hydrogen-bond acceptors (Lipinski definition) is 5. The first-order valence-electron chi connectivity index (χ1n) is 5.52. The lowest BCUT2D eigenvalue weighted by Crippen LogP contribution is -2.05. The number of thiophene rings is 1. The molecule has 0 aliphatic carbocycles. The predicted octanol–water partition coefficient (Wildman–Crippen LogP) is 4.56. The van der Waals surface area contributed by atoms with Crippen molar-refractivity contribution in [2.24, 2.45) is 5.10 Å². The van der Waals surface area contributed by atoms with E-state index < -0.39 is 11.7 Å². The van der Waals surface area contributed by atoms with Gasteiger partial charge in [-0.2, -0.15) is 5.10 Å². The molecule has 2 N–H and O–H groups in total. The molecule has 2 heterocycles. The van der Waals surface area contributed by atoms with Crippen molar-refractivity contribution in [2.45, 2.75) is 6.92 Å². The summed E-state index contributed by atoms with van der Waals surface area (Å²) in [5, 5.41) is 14.6. The molecule has 0 atom stereocenters. The second-order valence-corrected chi connectivity index (χ2v) is 5.96. The van der Waals surface area contributed by atoms with E-state index in [1.807, 2.05) is 18.4 Å². The van der Waals surface area contributed by atoms with Crippen molar-refractivity contribution >= 4 is 64.0 Å². The lowest BCUT2D eigenvalue weighted by molar-refractivity contribution is 0.0691. The minimum atomic E-state index is -1.31. The number of aromatic carboxylic acids is 1. The van der Waals surface area contributed by atoms with E-state index in [9.17, 15) is 4.79 Å². The van der Waals surface area contributed by atoms with Gasteiger partial charge in [0.2, 0.25) is 0 Å². The summed E-state index contributed by atoms with van der Waals surface area (Å²) in [5.74, 6) is -1.31. The number of nitrogens with zero attached hydrogens (tertiary/aromatic N) is 2. The van der Waals surface area contributed by atoms with Gasteiger partial charge in [-0.15, -0.1) is 11.3 Å². The number of anilines is 1. The summed E-state index contributed by atoms with van der Waals surface area (Å²) < 4.78 is 0. The van der Waals surface area contributed by atoms with E-state index in [0.717, 1.165) is 10.4 Å². The van der Waals surface area contributed by atoms with Gasteiger partial charge in [-0.1, -0.05) is 34.8 Å². The van der Waals surface area contributed by atoms with E-state index >= 15 is 0 Å². The van der Waals surface area contributed by atoms with Gasteiger partial charge in [-0.25, -0.2) is 9.78 Å². The van der Waals surface area contributed by atoms with Crippen LogP contribution in [0.5, 0.6) is 0 Å². The minimum Gasteiger partial charge on any atom is -0.476 e. The Morgan fingerprint density at radius 1 is 1.43 bits per heavy atom. The number of aromatic nitrogens is 1. The van der Waals surface area contributed by atoms with Crippen LogP contribution >= 0.6 is 46.1 Å². The first-order chi connectivity index (χ1) is 9.91. The molecule has 2 aromatic heterocycles. The van der Waals surface area contributed by atoms with Crippen LogP contribution in [0.1, 0.15) is 20.9 Å². The average molecular weight is 365 g/mol. The number of aryl methyl sites for hydroxylation is 1. The van der Waals surface area contributed by atoms with Gasteiger partial charge in [0.1, 0.15) is 10.0 Å². The Bertz CT molecular complexity index is 731. The summed E-state index contributed by atoms with van der Waals surface area (Å²) in [4.78, 5) is 15.6. The molecule has 0 spiro atoms. The summed E-state index contributed by atoms with van der Waals surface area (Å²) in [6, 6.07) is 1.96. The molecule has 0 unspecified atom stereocenters. The van der Waals surface area contributed by atoms with Gasteiger partial charge in [-0.3, -0.25) is 5.43 Å². The first-order valence-corrected chi connectivity index (χ1v) is 7.54. The topological polar surface area (TPSA) is 74.6 Å². The Morgan fingerprint density at radius 2 is 2.14 bits per heavy atom. The van der Waals surface area contributed by atoms with Crippen molar-refractivity contribution in [2.75, 3.05) is 5.43 Å². The van der Waals surface area contributed by atoms with Crippen LogP contribution in [-0.2, 0) is 0 Å². The highest BCUT2D eigenvalue weighted by molar-refractivity contribution is 7.11. The lowest BCUT2D eigenvalue weighted by atomic mass is 10.3. The average Bonchev–Trinajstić information content (AvgIpc) is 2.83. The van der Waals surface area contributed by atoms with Crippen LogP contribution in [0, 0.1) is 6.92 Å². The fourth-order valence-corrected chi connectivity index (χ4v) is 2.88. The summed E-state index contributed by atoms with van der Waals surface area (Å²) in [7, 11) is 0. The zero-order valence-electron chi connectivity index (χ0n) is 10.5. The molecule has 5 nitrogen and oxygen atoms in total. The second-order valence-electron chi connectivity index (χ2n) is 3.90. The summed E-state index contributed by atoms with van der Waals surface area (Å²) >= 11 is 19.2. The largest absolute Gasteiger partial charge is 0.476 e. The van der Waals surface area contributed by atoms with Crippen LogP contribution < -0.4 is 5.43 Å². The summed E-state index contributed by atoms with van der Waals surface area (Å²) in [6.07, 6.45) is 1.58. The standard InChI is InChI=1S/C12H8Cl3N3O2S/c1-5-2-3-21-6(5)4-16-18-9-7(13)10(12(19)20)17-11(15)8(9)14/h2-4H,1H3,(H,17,18)(H,19,20)/b16-4-. The number of carboxylic acid groups (broad SMARTS) is 1. The maximum Gasteiger partial charge on any atom is 0.356 e.